The standard InChI is InChI=1S/C24H32FN3OS.C12H17NOS/c1-20(2)24(19-26,23-8-4-17-30-23)9-5-10-27-11-13-28(14-12-27)15-16-29-22-7-3-6-21(25)18-22;1-10(2)12(9-13,6-4-7-14)11-5-3-8-15-11/h3-4,6-8,17-18,20H,5,9-16H2,1-2H3;3,5,8,10,14H,4,6-7H2,1-2H3. The molecule has 0 radical (unpaired) electrons. The van der Waals surface area contributed by atoms with E-state index in [-0.39, 0.29) is 23.8 Å². The number of thiophene rings is 2. The van der Waals surface area contributed by atoms with Crippen molar-refractivity contribution in [1.82, 2.24) is 9.80 Å². The topological polar surface area (TPSA) is 83.5 Å². The van der Waals surface area contributed by atoms with Crippen molar-refractivity contribution >= 4 is 22.7 Å². The third-order valence-electron chi connectivity index (χ3n) is 9.00. The number of aliphatic hydroxyl groups is 1. The highest BCUT2D eigenvalue weighted by molar-refractivity contribution is 7.10. The quantitative estimate of drug-likeness (QED) is 0.181. The van der Waals surface area contributed by atoms with Crippen molar-refractivity contribution in [3.63, 3.8) is 0 Å². The first-order valence-corrected chi connectivity index (χ1v) is 17.8. The van der Waals surface area contributed by atoms with Crippen LogP contribution in [0.3, 0.4) is 0 Å². The summed E-state index contributed by atoms with van der Waals surface area (Å²) < 4.78 is 18.9. The molecule has 3 heterocycles. The monoisotopic (exact) mass is 652 g/mol. The summed E-state index contributed by atoms with van der Waals surface area (Å²) in [6.45, 7) is 15.2. The minimum Gasteiger partial charge on any atom is -0.492 e. The molecule has 0 saturated carbocycles. The van der Waals surface area contributed by atoms with Gasteiger partial charge in [0, 0.05) is 55.2 Å². The van der Waals surface area contributed by atoms with Crippen molar-refractivity contribution in [3.8, 4) is 17.9 Å². The number of benzene rings is 1. The lowest BCUT2D eigenvalue weighted by Gasteiger charge is -2.35. The van der Waals surface area contributed by atoms with Crippen LogP contribution in [-0.2, 0) is 10.8 Å². The van der Waals surface area contributed by atoms with E-state index in [9.17, 15) is 14.9 Å². The van der Waals surface area contributed by atoms with Crippen molar-refractivity contribution < 1.29 is 14.2 Å². The van der Waals surface area contributed by atoms with Gasteiger partial charge in [-0.2, -0.15) is 10.5 Å². The first kappa shape index (κ1) is 36.7. The third kappa shape index (κ3) is 10.1. The van der Waals surface area contributed by atoms with Crippen LogP contribution in [0.25, 0.3) is 0 Å². The van der Waals surface area contributed by atoms with Gasteiger partial charge < -0.3 is 14.7 Å². The molecule has 3 aromatic rings. The van der Waals surface area contributed by atoms with Crippen LogP contribution >= 0.6 is 22.7 Å². The van der Waals surface area contributed by atoms with E-state index < -0.39 is 5.41 Å². The molecule has 6 nitrogen and oxygen atoms in total. The second-order valence-electron chi connectivity index (χ2n) is 12.4. The molecule has 2 unspecified atom stereocenters. The van der Waals surface area contributed by atoms with Crippen LogP contribution < -0.4 is 4.74 Å². The van der Waals surface area contributed by atoms with Gasteiger partial charge in [-0.1, -0.05) is 45.9 Å². The van der Waals surface area contributed by atoms with Crippen molar-refractivity contribution in [2.24, 2.45) is 11.8 Å². The van der Waals surface area contributed by atoms with Gasteiger partial charge in [0.2, 0.25) is 0 Å². The maximum Gasteiger partial charge on any atom is 0.126 e. The predicted molar refractivity (Wildman–Crippen MR) is 183 cm³/mol. The van der Waals surface area contributed by atoms with E-state index in [0.29, 0.717) is 24.7 Å². The molecule has 0 amide bonds. The van der Waals surface area contributed by atoms with Crippen LogP contribution in [0.2, 0.25) is 0 Å². The van der Waals surface area contributed by atoms with Gasteiger partial charge in [-0.3, -0.25) is 4.90 Å². The smallest absolute Gasteiger partial charge is 0.126 e. The summed E-state index contributed by atoms with van der Waals surface area (Å²) in [6, 6.07) is 19.6. The SMILES string of the molecule is CC(C)C(C#N)(CCCN1CCN(CCOc2cccc(F)c2)CC1)c1cccs1.CC(C)C(C#N)(CCCO)c1cccs1. The minimum absolute atomic E-state index is 0.154. The van der Waals surface area contributed by atoms with Gasteiger partial charge in [0.1, 0.15) is 18.2 Å². The zero-order valence-electron chi connectivity index (χ0n) is 27.3. The molecule has 1 N–H and O–H groups in total. The summed E-state index contributed by atoms with van der Waals surface area (Å²) in [5.74, 6) is 0.896. The molecule has 4 rings (SSSR count). The molecule has 0 bridgehead atoms. The number of ether oxygens (including phenoxy) is 1. The van der Waals surface area contributed by atoms with Gasteiger partial charge in [0.05, 0.1) is 23.0 Å². The number of hydrogen-bond donors (Lipinski definition) is 1. The Hall–Kier alpha value is -2.79. The lowest BCUT2D eigenvalue weighted by atomic mass is 9.73. The summed E-state index contributed by atoms with van der Waals surface area (Å²) >= 11 is 3.33. The summed E-state index contributed by atoms with van der Waals surface area (Å²) in [7, 11) is 0. The van der Waals surface area contributed by atoms with Gasteiger partial charge in [0.25, 0.3) is 0 Å². The highest BCUT2D eigenvalue weighted by atomic mass is 32.1. The van der Waals surface area contributed by atoms with Gasteiger partial charge in [-0.25, -0.2) is 4.39 Å². The molecule has 9 heteroatoms. The molecule has 244 valence electrons. The third-order valence-corrected chi connectivity index (χ3v) is 11.1. The molecular weight excluding hydrogens is 604 g/mol. The molecule has 1 aliphatic heterocycles. The average Bonchev–Trinajstić information content (AvgIpc) is 3.77. The molecule has 1 aromatic carbocycles. The fourth-order valence-electron chi connectivity index (χ4n) is 5.96. The first-order valence-electron chi connectivity index (χ1n) is 16.0. The minimum atomic E-state index is -0.420. The number of nitriles is 2. The second-order valence-corrected chi connectivity index (χ2v) is 14.2. The van der Waals surface area contributed by atoms with Crippen LogP contribution in [0.5, 0.6) is 5.75 Å². The van der Waals surface area contributed by atoms with Crippen molar-refractivity contribution in [2.45, 2.75) is 64.2 Å². The molecule has 45 heavy (non-hydrogen) atoms. The highest BCUT2D eigenvalue weighted by Crippen LogP contribution is 2.40. The van der Waals surface area contributed by atoms with E-state index in [1.165, 1.54) is 17.0 Å². The van der Waals surface area contributed by atoms with Crippen LogP contribution in [0, 0.1) is 40.3 Å². The maximum absolute atomic E-state index is 13.2. The normalized spacial score (nSPS) is 16.7. The van der Waals surface area contributed by atoms with Crippen LogP contribution in [-0.4, -0.2) is 67.4 Å². The Kier molecular flexibility index (Phi) is 15.0. The van der Waals surface area contributed by atoms with E-state index in [1.54, 1.807) is 34.8 Å². The summed E-state index contributed by atoms with van der Waals surface area (Å²) in [5, 5.41) is 32.4. The number of rotatable bonds is 15. The number of halogens is 1. The Balaban J connectivity index is 0.000000309. The fraction of sp³-hybridized carbons (Fsp3) is 0.556. The lowest BCUT2D eigenvalue weighted by Crippen LogP contribution is -2.47. The van der Waals surface area contributed by atoms with Crippen molar-refractivity contribution in [1.29, 1.82) is 10.5 Å². The Morgan fingerprint density at radius 2 is 1.36 bits per heavy atom. The first-order chi connectivity index (χ1) is 21.7. The maximum atomic E-state index is 13.2. The molecular formula is C36H49FN4O2S2. The number of aliphatic hydroxyl groups excluding tert-OH is 1. The van der Waals surface area contributed by atoms with Crippen LogP contribution in [0.4, 0.5) is 4.39 Å². The largest absolute Gasteiger partial charge is 0.492 e. The Morgan fingerprint density at radius 1 is 0.822 bits per heavy atom. The van der Waals surface area contributed by atoms with Gasteiger partial charge in [-0.05, 0) is 79.1 Å². The van der Waals surface area contributed by atoms with E-state index in [0.717, 1.165) is 63.4 Å². The predicted octanol–water partition coefficient (Wildman–Crippen LogP) is 7.72. The lowest BCUT2D eigenvalue weighted by molar-refractivity contribution is 0.114. The molecule has 2 aromatic heterocycles. The van der Waals surface area contributed by atoms with E-state index in [2.05, 4.69) is 61.1 Å². The van der Waals surface area contributed by atoms with Gasteiger partial charge >= 0.3 is 0 Å². The van der Waals surface area contributed by atoms with E-state index >= 15 is 0 Å². The van der Waals surface area contributed by atoms with Crippen LogP contribution in [0.1, 0.15) is 63.1 Å². The van der Waals surface area contributed by atoms with E-state index in [1.807, 2.05) is 23.6 Å². The number of hydrogen-bond acceptors (Lipinski definition) is 8. The zero-order chi connectivity index (χ0) is 32.7. The van der Waals surface area contributed by atoms with Crippen molar-refractivity contribution in [3.05, 3.63) is 74.9 Å². The van der Waals surface area contributed by atoms with Gasteiger partial charge in [0.15, 0.2) is 0 Å². The molecule has 0 spiro atoms. The molecule has 1 fully saturated rings. The zero-order valence-corrected chi connectivity index (χ0v) is 28.9. The highest BCUT2D eigenvalue weighted by Gasteiger charge is 2.37. The number of nitrogens with zero attached hydrogens (tertiary/aromatic N) is 4. The summed E-state index contributed by atoms with van der Waals surface area (Å²) in [4.78, 5) is 7.22. The average molecular weight is 653 g/mol. The molecule has 2 atom stereocenters. The molecule has 1 saturated heterocycles. The number of piperazine rings is 1. The summed E-state index contributed by atoms with van der Waals surface area (Å²) in [6.07, 6.45) is 3.36. The van der Waals surface area contributed by atoms with Gasteiger partial charge in [-0.15, -0.1) is 22.7 Å². The summed E-state index contributed by atoms with van der Waals surface area (Å²) in [5.41, 5.74) is -0.791. The fourth-order valence-corrected chi connectivity index (χ4v) is 8.07. The second kappa shape index (κ2) is 18.4. The molecule has 0 aliphatic carbocycles. The van der Waals surface area contributed by atoms with Crippen LogP contribution in [0.15, 0.2) is 59.3 Å². The molecule has 1 aliphatic rings. The van der Waals surface area contributed by atoms with E-state index in [4.69, 9.17) is 9.84 Å². The Morgan fingerprint density at radius 3 is 1.80 bits per heavy atom. The Bertz CT molecular complexity index is 1330. The van der Waals surface area contributed by atoms with Crippen molar-refractivity contribution in [2.75, 3.05) is 52.5 Å². The Labute approximate surface area is 277 Å².